The highest BCUT2D eigenvalue weighted by Gasteiger charge is 2.09. The number of amides is 3. The summed E-state index contributed by atoms with van der Waals surface area (Å²) in [5, 5.41) is 4.49. The second-order valence-electron chi connectivity index (χ2n) is 3.89. The van der Waals surface area contributed by atoms with E-state index < -0.39 is 24.5 Å². The Morgan fingerprint density at radius 3 is 2.76 bits per heavy atom. The first-order valence-corrected chi connectivity index (χ1v) is 6.98. The number of hydrogen-bond donors (Lipinski definition) is 2. The molecule has 21 heavy (non-hydrogen) atoms. The van der Waals surface area contributed by atoms with Crippen molar-refractivity contribution >= 4 is 39.9 Å². The van der Waals surface area contributed by atoms with Gasteiger partial charge in [-0.15, -0.1) is 0 Å². The highest BCUT2D eigenvalue weighted by atomic mass is 79.9. The number of halogens is 1. The number of hydrogen-bond acceptors (Lipinski definition) is 5. The number of urea groups is 1. The number of imide groups is 1. The number of esters is 1. The van der Waals surface area contributed by atoms with Gasteiger partial charge in [-0.2, -0.15) is 0 Å². The first-order chi connectivity index (χ1) is 10.0. The fraction of sp³-hybridized carbons (Fsp3) is 0.308. The van der Waals surface area contributed by atoms with Gasteiger partial charge >= 0.3 is 12.0 Å². The Morgan fingerprint density at radius 1 is 1.38 bits per heavy atom. The molecule has 1 aromatic heterocycles. The van der Waals surface area contributed by atoms with E-state index in [0.717, 1.165) is 12.5 Å². The lowest BCUT2D eigenvalue weighted by atomic mass is 10.4. The van der Waals surface area contributed by atoms with Gasteiger partial charge in [-0.3, -0.25) is 10.1 Å². The molecule has 1 rings (SSSR count). The number of carbonyl (C=O) groups is 3. The Bertz CT molecular complexity index is 538. The van der Waals surface area contributed by atoms with Gasteiger partial charge in [-0.1, -0.05) is 6.92 Å². The summed E-state index contributed by atoms with van der Waals surface area (Å²) in [6.07, 6.45) is 3.28. The van der Waals surface area contributed by atoms with Crippen LogP contribution in [0.4, 0.5) is 4.79 Å². The van der Waals surface area contributed by atoms with Crippen molar-refractivity contribution in [1.29, 1.82) is 0 Å². The third-order valence-corrected chi connectivity index (χ3v) is 2.54. The van der Waals surface area contributed by atoms with Crippen LogP contribution in [0.3, 0.4) is 0 Å². The molecular weight excluding hydrogens is 344 g/mol. The molecule has 0 fully saturated rings. The maximum Gasteiger partial charge on any atom is 0.331 e. The van der Waals surface area contributed by atoms with Crippen molar-refractivity contribution in [3.8, 4) is 0 Å². The van der Waals surface area contributed by atoms with Gasteiger partial charge in [0.15, 0.2) is 11.3 Å². The Kier molecular flexibility index (Phi) is 7.24. The molecule has 0 aliphatic rings. The molecule has 0 aromatic carbocycles. The summed E-state index contributed by atoms with van der Waals surface area (Å²) in [4.78, 5) is 33.8. The molecule has 1 aromatic rings. The molecule has 0 spiro atoms. The zero-order valence-electron chi connectivity index (χ0n) is 11.3. The fourth-order valence-corrected chi connectivity index (χ4v) is 1.52. The predicted molar refractivity (Wildman–Crippen MR) is 78.2 cm³/mol. The highest BCUT2D eigenvalue weighted by molar-refractivity contribution is 9.10. The van der Waals surface area contributed by atoms with Gasteiger partial charge in [0.05, 0.1) is 0 Å². The van der Waals surface area contributed by atoms with Gasteiger partial charge in [0.2, 0.25) is 0 Å². The zero-order valence-corrected chi connectivity index (χ0v) is 12.9. The van der Waals surface area contributed by atoms with Crippen LogP contribution in [0.15, 0.2) is 27.3 Å². The summed E-state index contributed by atoms with van der Waals surface area (Å²) in [5.41, 5.74) is 0. The van der Waals surface area contributed by atoms with Crippen LogP contribution in [-0.4, -0.2) is 31.1 Å². The number of furan rings is 1. The number of nitrogens with one attached hydrogen (secondary N) is 2. The number of ether oxygens (including phenoxy) is 1. The highest BCUT2D eigenvalue weighted by Crippen LogP contribution is 2.14. The van der Waals surface area contributed by atoms with Crippen molar-refractivity contribution in [2.45, 2.75) is 13.3 Å². The molecule has 0 radical (unpaired) electrons. The molecule has 0 unspecified atom stereocenters. The van der Waals surface area contributed by atoms with E-state index in [1.807, 2.05) is 12.2 Å². The lowest BCUT2D eigenvalue weighted by Gasteiger charge is -2.05. The lowest BCUT2D eigenvalue weighted by molar-refractivity contribution is -0.143. The van der Waals surface area contributed by atoms with Gasteiger partial charge in [-0.25, -0.2) is 9.59 Å². The summed E-state index contributed by atoms with van der Waals surface area (Å²) in [6, 6.07) is 2.71. The molecule has 0 saturated carbocycles. The molecule has 0 atom stereocenters. The van der Waals surface area contributed by atoms with Crippen LogP contribution in [-0.2, 0) is 14.3 Å². The number of carbonyl (C=O) groups excluding carboxylic acids is 3. The van der Waals surface area contributed by atoms with Gasteiger partial charge in [0, 0.05) is 12.6 Å². The maximum atomic E-state index is 11.3. The summed E-state index contributed by atoms with van der Waals surface area (Å²) < 4.78 is 10.3. The molecule has 0 aliphatic heterocycles. The molecule has 7 nitrogen and oxygen atoms in total. The molecule has 114 valence electrons. The second kappa shape index (κ2) is 8.96. The van der Waals surface area contributed by atoms with E-state index in [2.05, 4.69) is 26.0 Å². The predicted octanol–water partition coefficient (Wildman–Crippen LogP) is 1.83. The summed E-state index contributed by atoms with van der Waals surface area (Å²) in [6.45, 7) is 1.80. The third kappa shape index (κ3) is 7.31. The van der Waals surface area contributed by atoms with Crippen LogP contribution < -0.4 is 10.6 Å². The summed E-state index contributed by atoms with van der Waals surface area (Å²) in [5.74, 6) is -0.958. The van der Waals surface area contributed by atoms with Crippen molar-refractivity contribution in [1.82, 2.24) is 10.6 Å². The van der Waals surface area contributed by atoms with E-state index >= 15 is 0 Å². The van der Waals surface area contributed by atoms with Gasteiger partial charge in [-0.05, 0) is 40.6 Å². The quantitative estimate of drug-likeness (QED) is 0.597. The lowest BCUT2D eigenvalue weighted by Crippen LogP contribution is -2.41. The topological polar surface area (TPSA) is 97.6 Å². The van der Waals surface area contributed by atoms with Crippen molar-refractivity contribution in [3.05, 3.63) is 28.6 Å². The van der Waals surface area contributed by atoms with Crippen LogP contribution in [0.2, 0.25) is 0 Å². The molecule has 0 aliphatic carbocycles. The Morgan fingerprint density at radius 2 is 2.14 bits per heavy atom. The second-order valence-corrected chi connectivity index (χ2v) is 4.67. The first-order valence-electron chi connectivity index (χ1n) is 6.19. The molecule has 1 heterocycles. The molecule has 8 heteroatoms. The van der Waals surface area contributed by atoms with Crippen LogP contribution in [0.1, 0.15) is 19.1 Å². The zero-order chi connectivity index (χ0) is 15.7. The van der Waals surface area contributed by atoms with E-state index in [1.54, 1.807) is 12.1 Å². The summed E-state index contributed by atoms with van der Waals surface area (Å²) in [7, 11) is 0. The van der Waals surface area contributed by atoms with Gasteiger partial charge < -0.3 is 14.5 Å². The monoisotopic (exact) mass is 358 g/mol. The minimum Gasteiger partial charge on any atom is -0.452 e. The van der Waals surface area contributed by atoms with E-state index in [0.29, 0.717) is 17.0 Å². The Labute approximate surface area is 129 Å². The van der Waals surface area contributed by atoms with Gasteiger partial charge in [0.25, 0.3) is 5.91 Å². The Hall–Kier alpha value is -2.09. The van der Waals surface area contributed by atoms with E-state index in [1.165, 1.54) is 6.08 Å². The molecular formula is C13H15BrN2O5. The maximum absolute atomic E-state index is 11.3. The van der Waals surface area contributed by atoms with E-state index in [-0.39, 0.29) is 0 Å². The smallest absolute Gasteiger partial charge is 0.331 e. The molecule has 0 bridgehead atoms. The third-order valence-electron chi connectivity index (χ3n) is 2.11. The molecule has 3 amide bonds. The summed E-state index contributed by atoms with van der Waals surface area (Å²) >= 11 is 3.12. The van der Waals surface area contributed by atoms with E-state index in [9.17, 15) is 14.4 Å². The van der Waals surface area contributed by atoms with Crippen molar-refractivity contribution in [2.75, 3.05) is 13.2 Å². The number of rotatable bonds is 6. The first kappa shape index (κ1) is 17.0. The van der Waals surface area contributed by atoms with Crippen LogP contribution >= 0.6 is 15.9 Å². The average Bonchev–Trinajstić information content (AvgIpc) is 2.86. The van der Waals surface area contributed by atoms with Crippen LogP contribution in [0.5, 0.6) is 0 Å². The van der Waals surface area contributed by atoms with Crippen molar-refractivity contribution < 1.29 is 23.5 Å². The minimum absolute atomic E-state index is 0.459. The van der Waals surface area contributed by atoms with Crippen LogP contribution in [0.25, 0.3) is 6.08 Å². The van der Waals surface area contributed by atoms with Gasteiger partial charge in [0.1, 0.15) is 5.76 Å². The largest absolute Gasteiger partial charge is 0.452 e. The Balaban J connectivity index is 2.27. The normalized spacial score (nSPS) is 10.4. The fourth-order valence-electron chi connectivity index (χ4n) is 1.20. The SMILES string of the molecule is CCCNC(=O)NC(=O)COC(=O)C=Cc1ccc(Br)o1. The standard InChI is InChI=1S/C13H15BrN2O5/c1-2-7-15-13(19)16-11(17)8-20-12(18)6-4-9-3-5-10(14)21-9/h3-6H,2,7-8H2,1H3,(H2,15,16,17,19). The van der Waals surface area contributed by atoms with Crippen molar-refractivity contribution in [2.24, 2.45) is 0 Å². The molecule has 2 N–H and O–H groups in total. The van der Waals surface area contributed by atoms with E-state index in [4.69, 9.17) is 4.42 Å². The average molecular weight is 359 g/mol. The minimum atomic E-state index is -0.716. The van der Waals surface area contributed by atoms with Crippen molar-refractivity contribution in [3.63, 3.8) is 0 Å². The molecule has 0 saturated heterocycles. The van der Waals surface area contributed by atoms with Crippen LogP contribution in [0, 0.1) is 0 Å².